The van der Waals surface area contributed by atoms with Crippen molar-refractivity contribution in [2.75, 3.05) is 0 Å². The number of amides is 1. The maximum atomic E-state index is 12.0. The number of hydrogen-bond acceptors (Lipinski definition) is 2. The fourth-order valence-electron chi connectivity index (χ4n) is 2.41. The Bertz CT molecular complexity index is 405. The standard InChI is InChI=1S/C14H19ClN2O/c1-10-3-2-4-12(7-5-10)17-14(18)11-6-8-13(15)16-9-11/h6,8-10,12H,2-5,7H2,1H3,(H,17,18). The third-order valence-electron chi connectivity index (χ3n) is 3.58. The molecule has 1 amide bonds. The highest BCUT2D eigenvalue weighted by Crippen LogP contribution is 2.22. The van der Waals surface area contributed by atoms with E-state index in [1.807, 2.05) is 0 Å². The molecule has 0 spiro atoms. The molecule has 1 aromatic heterocycles. The van der Waals surface area contributed by atoms with E-state index in [0.29, 0.717) is 16.8 Å². The molecule has 0 radical (unpaired) electrons. The van der Waals surface area contributed by atoms with Crippen molar-refractivity contribution in [2.24, 2.45) is 5.92 Å². The normalized spacial score (nSPS) is 24.3. The molecule has 1 N–H and O–H groups in total. The van der Waals surface area contributed by atoms with Gasteiger partial charge in [-0.2, -0.15) is 0 Å². The molecule has 1 aliphatic rings. The molecule has 2 unspecified atom stereocenters. The summed E-state index contributed by atoms with van der Waals surface area (Å²) in [5.74, 6) is 0.739. The summed E-state index contributed by atoms with van der Waals surface area (Å²) in [6, 6.07) is 3.66. The number of nitrogens with one attached hydrogen (secondary N) is 1. The van der Waals surface area contributed by atoms with Crippen LogP contribution in [0.1, 0.15) is 49.4 Å². The van der Waals surface area contributed by atoms with Crippen LogP contribution in [0, 0.1) is 5.92 Å². The van der Waals surface area contributed by atoms with Crippen LogP contribution in [0.2, 0.25) is 5.15 Å². The second-order valence-electron chi connectivity index (χ2n) is 5.15. The lowest BCUT2D eigenvalue weighted by Crippen LogP contribution is -2.34. The third kappa shape index (κ3) is 3.70. The number of halogens is 1. The monoisotopic (exact) mass is 266 g/mol. The number of carbonyl (C=O) groups excluding carboxylic acids is 1. The number of aromatic nitrogens is 1. The van der Waals surface area contributed by atoms with Gasteiger partial charge in [0, 0.05) is 12.2 Å². The van der Waals surface area contributed by atoms with Crippen LogP contribution < -0.4 is 5.32 Å². The molecule has 0 aromatic carbocycles. The number of pyridine rings is 1. The molecule has 98 valence electrons. The molecule has 1 aliphatic carbocycles. The Labute approximate surface area is 113 Å². The van der Waals surface area contributed by atoms with Crippen LogP contribution >= 0.6 is 11.6 Å². The van der Waals surface area contributed by atoms with E-state index in [4.69, 9.17) is 11.6 Å². The van der Waals surface area contributed by atoms with Gasteiger partial charge in [-0.05, 0) is 37.3 Å². The maximum Gasteiger partial charge on any atom is 0.253 e. The third-order valence-corrected chi connectivity index (χ3v) is 3.81. The van der Waals surface area contributed by atoms with Crippen LogP contribution in [0.15, 0.2) is 18.3 Å². The summed E-state index contributed by atoms with van der Waals surface area (Å²) in [7, 11) is 0. The summed E-state index contributed by atoms with van der Waals surface area (Å²) in [5, 5.41) is 3.51. The molecular formula is C14H19ClN2O. The lowest BCUT2D eigenvalue weighted by Gasteiger charge is -2.16. The fraction of sp³-hybridized carbons (Fsp3) is 0.571. The molecular weight excluding hydrogens is 248 g/mol. The van der Waals surface area contributed by atoms with Gasteiger partial charge in [-0.15, -0.1) is 0 Å². The van der Waals surface area contributed by atoms with E-state index in [1.165, 1.54) is 25.5 Å². The number of rotatable bonds is 2. The average molecular weight is 267 g/mol. The summed E-state index contributed by atoms with van der Waals surface area (Å²) in [5.41, 5.74) is 0.580. The van der Waals surface area contributed by atoms with Crippen LogP contribution in [-0.2, 0) is 0 Å². The first-order valence-corrected chi connectivity index (χ1v) is 6.95. The quantitative estimate of drug-likeness (QED) is 0.658. The molecule has 2 atom stereocenters. The van der Waals surface area contributed by atoms with Gasteiger partial charge < -0.3 is 5.32 Å². The Hall–Kier alpha value is -1.09. The van der Waals surface area contributed by atoms with E-state index >= 15 is 0 Å². The van der Waals surface area contributed by atoms with Crippen molar-refractivity contribution in [2.45, 2.75) is 45.1 Å². The smallest absolute Gasteiger partial charge is 0.253 e. The van der Waals surface area contributed by atoms with E-state index in [1.54, 1.807) is 12.1 Å². The molecule has 1 aromatic rings. The van der Waals surface area contributed by atoms with E-state index in [9.17, 15) is 4.79 Å². The predicted molar refractivity (Wildman–Crippen MR) is 72.8 cm³/mol. The van der Waals surface area contributed by atoms with E-state index in [2.05, 4.69) is 17.2 Å². The Kier molecular flexibility index (Phi) is 4.59. The molecule has 1 heterocycles. The van der Waals surface area contributed by atoms with Gasteiger partial charge >= 0.3 is 0 Å². The minimum absolute atomic E-state index is 0.0429. The van der Waals surface area contributed by atoms with Gasteiger partial charge in [0.1, 0.15) is 5.15 Å². The van der Waals surface area contributed by atoms with Crippen molar-refractivity contribution in [1.29, 1.82) is 0 Å². The molecule has 2 rings (SSSR count). The molecule has 1 fully saturated rings. The van der Waals surface area contributed by atoms with Crippen molar-refractivity contribution in [3.05, 3.63) is 29.0 Å². The number of hydrogen-bond donors (Lipinski definition) is 1. The first-order valence-electron chi connectivity index (χ1n) is 6.57. The zero-order valence-corrected chi connectivity index (χ0v) is 11.4. The van der Waals surface area contributed by atoms with E-state index in [0.717, 1.165) is 18.8 Å². The van der Waals surface area contributed by atoms with Gasteiger partial charge in [-0.25, -0.2) is 4.98 Å². The fourth-order valence-corrected chi connectivity index (χ4v) is 2.52. The SMILES string of the molecule is CC1CCCC(NC(=O)c2ccc(Cl)nc2)CC1. The summed E-state index contributed by atoms with van der Waals surface area (Å²) < 4.78 is 0. The van der Waals surface area contributed by atoms with E-state index in [-0.39, 0.29) is 5.91 Å². The van der Waals surface area contributed by atoms with Crippen molar-refractivity contribution in [3.63, 3.8) is 0 Å². The molecule has 0 aliphatic heterocycles. The largest absolute Gasteiger partial charge is 0.349 e. The van der Waals surface area contributed by atoms with Crippen LogP contribution in [0.3, 0.4) is 0 Å². The topological polar surface area (TPSA) is 42.0 Å². The molecule has 0 saturated heterocycles. The maximum absolute atomic E-state index is 12.0. The lowest BCUT2D eigenvalue weighted by atomic mass is 10.0. The van der Waals surface area contributed by atoms with Crippen molar-refractivity contribution >= 4 is 17.5 Å². The highest BCUT2D eigenvalue weighted by molar-refractivity contribution is 6.29. The van der Waals surface area contributed by atoms with Crippen LogP contribution in [0.4, 0.5) is 0 Å². The Balaban J connectivity index is 1.92. The number of carbonyl (C=O) groups is 1. The summed E-state index contributed by atoms with van der Waals surface area (Å²) in [6.07, 6.45) is 7.35. The Morgan fingerprint density at radius 2 is 2.17 bits per heavy atom. The van der Waals surface area contributed by atoms with E-state index < -0.39 is 0 Å². The van der Waals surface area contributed by atoms with Gasteiger partial charge in [0.05, 0.1) is 5.56 Å². The second-order valence-corrected chi connectivity index (χ2v) is 5.54. The average Bonchev–Trinajstić information content (AvgIpc) is 2.55. The van der Waals surface area contributed by atoms with Crippen molar-refractivity contribution < 1.29 is 4.79 Å². The van der Waals surface area contributed by atoms with Gasteiger partial charge in [-0.1, -0.05) is 31.4 Å². The van der Waals surface area contributed by atoms with Crippen LogP contribution in [0.5, 0.6) is 0 Å². The molecule has 0 bridgehead atoms. The summed E-state index contributed by atoms with van der Waals surface area (Å²) in [6.45, 7) is 2.29. The van der Waals surface area contributed by atoms with Crippen LogP contribution in [0.25, 0.3) is 0 Å². The first-order chi connectivity index (χ1) is 8.65. The zero-order chi connectivity index (χ0) is 13.0. The number of nitrogens with zero attached hydrogens (tertiary/aromatic N) is 1. The van der Waals surface area contributed by atoms with Gasteiger partial charge in [0.15, 0.2) is 0 Å². The minimum Gasteiger partial charge on any atom is -0.349 e. The predicted octanol–water partition coefficient (Wildman–Crippen LogP) is 3.43. The highest BCUT2D eigenvalue weighted by Gasteiger charge is 2.18. The zero-order valence-electron chi connectivity index (χ0n) is 10.7. The van der Waals surface area contributed by atoms with Gasteiger partial charge in [0.25, 0.3) is 5.91 Å². The van der Waals surface area contributed by atoms with Crippen LogP contribution in [-0.4, -0.2) is 16.9 Å². The Morgan fingerprint density at radius 1 is 1.33 bits per heavy atom. The molecule has 1 saturated carbocycles. The molecule has 4 heteroatoms. The lowest BCUT2D eigenvalue weighted by molar-refractivity contribution is 0.0933. The van der Waals surface area contributed by atoms with Crippen molar-refractivity contribution in [1.82, 2.24) is 10.3 Å². The molecule has 18 heavy (non-hydrogen) atoms. The van der Waals surface area contributed by atoms with Gasteiger partial charge in [0.2, 0.25) is 0 Å². The van der Waals surface area contributed by atoms with Gasteiger partial charge in [-0.3, -0.25) is 4.79 Å². The summed E-state index contributed by atoms with van der Waals surface area (Å²) >= 11 is 5.70. The highest BCUT2D eigenvalue weighted by atomic mass is 35.5. The second kappa shape index (κ2) is 6.19. The first kappa shape index (κ1) is 13.3. The van der Waals surface area contributed by atoms with Crippen molar-refractivity contribution in [3.8, 4) is 0 Å². The summed E-state index contributed by atoms with van der Waals surface area (Å²) in [4.78, 5) is 16.0. The molecule has 3 nitrogen and oxygen atoms in total. The minimum atomic E-state index is -0.0429. The Morgan fingerprint density at radius 3 is 2.89 bits per heavy atom.